The number of aromatic nitrogens is 2. The smallest absolute Gasteiger partial charge is 0.319 e. The summed E-state index contributed by atoms with van der Waals surface area (Å²) in [6.45, 7) is 6.62. The fraction of sp³-hybridized carbons (Fsp3) is 0.733. The van der Waals surface area contributed by atoms with Gasteiger partial charge in [0.2, 0.25) is 0 Å². The lowest BCUT2D eigenvalue weighted by Crippen LogP contribution is -2.49. The summed E-state index contributed by atoms with van der Waals surface area (Å²) in [5.41, 5.74) is 0. The molecule has 130 valence electrons. The van der Waals surface area contributed by atoms with Gasteiger partial charge in [0.05, 0.1) is 0 Å². The summed E-state index contributed by atoms with van der Waals surface area (Å²) < 4.78 is 26.6. The molecule has 2 heterocycles. The fourth-order valence-electron chi connectivity index (χ4n) is 2.49. The molecule has 1 aliphatic heterocycles. The monoisotopic (exact) mass is 345 g/mol. The molecule has 1 fully saturated rings. The van der Waals surface area contributed by atoms with Crippen LogP contribution in [0, 0.1) is 5.92 Å². The molecule has 1 aliphatic rings. The molecule has 0 bridgehead atoms. The number of nitrogens with zero attached hydrogens (tertiary/aromatic N) is 4. The average molecular weight is 345 g/mol. The Morgan fingerprint density at radius 1 is 1.52 bits per heavy atom. The molecule has 1 N–H and O–H groups in total. The number of halogens is 2. The van der Waals surface area contributed by atoms with Crippen molar-refractivity contribution in [2.45, 2.75) is 39.1 Å². The first-order chi connectivity index (χ1) is 11.0. The van der Waals surface area contributed by atoms with Crippen LogP contribution >= 0.6 is 11.8 Å². The van der Waals surface area contributed by atoms with Gasteiger partial charge in [-0.1, -0.05) is 13.8 Å². The van der Waals surface area contributed by atoms with Crippen molar-refractivity contribution in [1.82, 2.24) is 19.8 Å². The van der Waals surface area contributed by atoms with Gasteiger partial charge in [0.1, 0.15) is 12.4 Å². The van der Waals surface area contributed by atoms with Crippen LogP contribution < -0.4 is 5.32 Å². The minimum atomic E-state index is -2.58. The van der Waals surface area contributed by atoms with Crippen LogP contribution in [0.3, 0.4) is 0 Å². The topological polar surface area (TPSA) is 45.5 Å². The van der Waals surface area contributed by atoms with E-state index in [1.54, 1.807) is 0 Å². The predicted molar refractivity (Wildman–Crippen MR) is 91.0 cm³/mol. The lowest BCUT2D eigenvalue weighted by atomic mass is 10.1. The normalized spacial score (nSPS) is 19.7. The highest BCUT2D eigenvalue weighted by molar-refractivity contribution is 8.00. The molecule has 0 saturated carbocycles. The maximum absolute atomic E-state index is 12.9. The summed E-state index contributed by atoms with van der Waals surface area (Å²) in [6, 6.07) is 0. The molecule has 1 unspecified atom stereocenters. The maximum atomic E-state index is 12.9. The molecular formula is C15H25F2N5S. The van der Waals surface area contributed by atoms with Gasteiger partial charge in [0, 0.05) is 43.0 Å². The summed E-state index contributed by atoms with van der Waals surface area (Å²) >= 11 is 1.99. The third-order valence-corrected chi connectivity index (χ3v) is 5.34. The molecule has 1 saturated heterocycles. The van der Waals surface area contributed by atoms with E-state index in [-0.39, 0.29) is 12.4 Å². The summed E-state index contributed by atoms with van der Waals surface area (Å²) in [5, 5.41) is 3.83. The Kier molecular flexibility index (Phi) is 6.68. The van der Waals surface area contributed by atoms with Crippen molar-refractivity contribution in [3.63, 3.8) is 0 Å². The SMILES string of the molecule is CCNC(=NCc1nccn1C(F)F)N1CCSC(C(C)C)C1. The Morgan fingerprint density at radius 2 is 2.30 bits per heavy atom. The number of thioether (sulfide) groups is 1. The van der Waals surface area contributed by atoms with E-state index >= 15 is 0 Å². The zero-order valence-electron chi connectivity index (χ0n) is 13.9. The van der Waals surface area contributed by atoms with Crippen molar-refractivity contribution < 1.29 is 8.78 Å². The van der Waals surface area contributed by atoms with Crippen LogP contribution in [0.5, 0.6) is 0 Å². The number of hydrogen-bond acceptors (Lipinski definition) is 3. The molecule has 0 radical (unpaired) electrons. The molecular weight excluding hydrogens is 320 g/mol. The van der Waals surface area contributed by atoms with E-state index in [1.165, 1.54) is 12.4 Å². The number of nitrogens with one attached hydrogen (secondary N) is 1. The van der Waals surface area contributed by atoms with Gasteiger partial charge in [-0.3, -0.25) is 4.57 Å². The third-order valence-electron chi connectivity index (χ3n) is 3.80. The zero-order valence-corrected chi connectivity index (χ0v) is 14.7. The maximum Gasteiger partial charge on any atom is 0.319 e. The molecule has 2 rings (SSSR count). The molecule has 1 aromatic rings. The summed E-state index contributed by atoms with van der Waals surface area (Å²) in [5.74, 6) is 2.71. The first-order valence-electron chi connectivity index (χ1n) is 7.97. The van der Waals surface area contributed by atoms with Gasteiger partial charge < -0.3 is 10.2 Å². The third kappa shape index (κ3) is 4.83. The summed E-state index contributed by atoms with van der Waals surface area (Å²) in [7, 11) is 0. The van der Waals surface area contributed by atoms with E-state index in [0.29, 0.717) is 11.2 Å². The Bertz CT molecular complexity index is 518. The standard InChI is InChI=1S/C15H25F2N5S/c1-4-18-15(21-7-8-23-12(10-21)11(2)3)20-9-13-19-5-6-22(13)14(16)17/h5-6,11-12,14H,4,7-10H2,1-3H3,(H,18,20). The van der Waals surface area contributed by atoms with Gasteiger partial charge in [0.15, 0.2) is 5.96 Å². The molecule has 1 atom stereocenters. The van der Waals surface area contributed by atoms with E-state index in [9.17, 15) is 8.78 Å². The highest BCUT2D eigenvalue weighted by Crippen LogP contribution is 2.25. The molecule has 0 aromatic carbocycles. The van der Waals surface area contributed by atoms with E-state index in [0.717, 1.165) is 35.9 Å². The number of rotatable bonds is 5. The number of hydrogen-bond donors (Lipinski definition) is 1. The van der Waals surface area contributed by atoms with Crippen molar-refractivity contribution in [3.05, 3.63) is 18.2 Å². The van der Waals surface area contributed by atoms with Gasteiger partial charge in [-0.05, 0) is 12.8 Å². The number of imidazole rings is 1. The van der Waals surface area contributed by atoms with E-state index < -0.39 is 6.55 Å². The Morgan fingerprint density at radius 3 is 2.96 bits per heavy atom. The quantitative estimate of drug-likeness (QED) is 0.658. The van der Waals surface area contributed by atoms with Crippen LogP contribution in [0.25, 0.3) is 0 Å². The van der Waals surface area contributed by atoms with Gasteiger partial charge >= 0.3 is 6.55 Å². The minimum absolute atomic E-state index is 0.148. The van der Waals surface area contributed by atoms with E-state index in [2.05, 4.69) is 34.0 Å². The lowest BCUT2D eigenvalue weighted by Gasteiger charge is -2.36. The second-order valence-electron chi connectivity index (χ2n) is 5.80. The van der Waals surface area contributed by atoms with Crippen LogP contribution in [0.1, 0.15) is 33.1 Å². The van der Waals surface area contributed by atoms with Crippen molar-refractivity contribution >= 4 is 17.7 Å². The highest BCUT2D eigenvalue weighted by Gasteiger charge is 2.25. The molecule has 0 amide bonds. The minimum Gasteiger partial charge on any atom is -0.357 e. The van der Waals surface area contributed by atoms with Crippen LogP contribution in [0.2, 0.25) is 0 Å². The van der Waals surface area contributed by atoms with Crippen molar-refractivity contribution in [1.29, 1.82) is 0 Å². The van der Waals surface area contributed by atoms with Gasteiger partial charge in [0.25, 0.3) is 0 Å². The van der Waals surface area contributed by atoms with Crippen LogP contribution in [-0.4, -0.2) is 51.0 Å². The van der Waals surface area contributed by atoms with E-state index in [1.807, 2.05) is 18.7 Å². The predicted octanol–water partition coefficient (Wildman–Crippen LogP) is 2.82. The number of guanidine groups is 1. The van der Waals surface area contributed by atoms with Crippen LogP contribution in [0.4, 0.5) is 8.78 Å². The highest BCUT2D eigenvalue weighted by atomic mass is 32.2. The zero-order chi connectivity index (χ0) is 16.8. The Balaban J connectivity index is 2.09. The van der Waals surface area contributed by atoms with Gasteiger partial charge in [-0.2, -0.15) is 20.5 Å². The molecule has 8 heteroatoms. The average Bonchev–Trinajstić information content (AvgIpc) is 3.00. The molecule has 5 nitrogen and oxygen atoms in total. The van der Waals surface area contributed by atoms with Crippen LogP contribution in [0.15, 0.2) is 17.4 Å². The first kappa shape index (κ1) is 18.0. The molecule has 1 aromatic heterocycles. The Hall–Kier alpha value is -1.31. The lowest BCUT2D eigenvalue weighted by molar-refractivity contribution is 0.0671. The number of alkyl halides is 2. The first-order valence-corrected chi connectivity index (χ1v) is 9.02. The van der Waals surface area contributed by atoms with Crippen molar-refractivity contribution in [2.75, 3.05) is 25.4 Å². The van der Waals surface area contributed by atoms with Crippen molar-refractivity contribution in [2.24, 2.45) is 10.9 Å². The molecule has 23 heavy (non-hydrogen) atoms. The Labute approximate surface area is 140 Å². The van der Waals surface area contributed by atoms with Gasteiger partial charge in [-0.15, -0.1) is 0 Å². The van der Waals surface area contributed by atoms with Crippen molar-refractivity contribution in [3.8, 4) is 0 Å². The van der Waals surface area contributed by atoms with E-state index in [4.69, 9.17) is 0 Å². The second-order valence-corrected chi connectivity index (χ2v) is 7.14. The molecule has 0 aliphatic carbocycles. The number of aliphatic imine (C=N–C) groups is 1. The summed E-state index contributed by atoms with van der Waals surface area (Å²) in [4.78, 5) is 10.7. The van der Waals surface area contributed by atoms with Gasteiger partial charge in [-0.25, -0.2) is 9.98 Å². The fourth-order valence-corrected chi connectivity index (χ4v) is 3.79. The molecule has 0 spiro atoms. The van der Waals surface area contributed by atoms with Crippen LogP contribution in [-0.2, 0) is 6.54 Å². The second kappa shape index (κ2) is 8.52. The largest absolute Gasteiger partial charge is 0.357 e. The summed E-state index contributed by atoms with van der Waals surface area (Å²) in [6.07, 6.45) is 2.67.